The van der Waals surface area contributed by atoms with Crippen molar-refractivity contribution in [3.8, 4) is 0 Å². The van der Waals surface area contributed by atoms with Crippen molar-refractivity contribution in [2.75, 3.05) is 44.3 Å². The molecule has 0 radical (unpaired) electrons. The zero-order chi connectivity index (χ0) is 24.3. The summed E-state index contributed by atoms with van der Waals surface area (Å²) in [7, 11) is 0. The molecule has 3 aromatic heterocycles. The third kappa shape index (κ3) is 5.16. The van der Waals surface area contributed by atoms with Crippen molar-refractivity contribution in [1.82, 2.24) is 34.8 Å². The van der Waals surface area contributed by atoms with Crippen molar-refractivity contribution < 1.29 is 22.7 Å². The van der Waals surface area contributed by atoms with E-state index in [4.69, 9.17) is 4.74 Å². The highest BCUT2D eigenvalue weighted by atomic mass is 19.4. The maximum Gasteiger partial charge on any atom is 0.419 e. The number of piperazine rings is 1. The molecule has 182 valence electrons. The molecule has 1 atom stereocenters. The molecule has 4 rings (SSSR count). The molecule has 1 fully saturated rings. The van der Waals surface area contributed by atoms with Gasteiger partial charge in [-0.3, -0.25) is 14.3 Å². The molecule has 3 aromatic rings. The molecule has 0 saturated carbocycles. The number of nitrogens with one attached hydrogen (secondary N) is 1. The Bertz CT molecular complexity index is 1190. The number of rotatable bonds is 7. The largest absolute Gasteiger partial charge is 0.419 e. The lowest BCUT2D eigenvalue weighted by Crippen LogP contribution is -2.51. The van der Waals surface area contributed by atoms with Gasteiger partial charge in [0.05, 0.1) is 54.5 Å². The van der Waals surface area contributed by atoms with E-state index in [1.165, 1.54) is 12.4 Å². The summed E-state index contributed by atoms with van der Waals surface area (Å²) >= 11 is 0. The zero-order valence-corrected chi connectivity index (χ0v) is 18.3. The van der Waals surface area contributed by atoms with Crippen LogP contribution in [-0.4, -0.2) is 80.1 Å². The van der Waals surface area contributed by atoms with E-state index in [-0.39, 0.29) is 29.9 Å². The quantitative estimate of drug-likeness (QED) is 0.496. The van der Waals surface area contributed by atoms with Crippen molar-refractivity contribution in [1.29, 1.82) is 0 Å². The van der Waals surface area contributed by atoms with E-state index in [1.54, 1.807) is 21.4 Å². The molecule has 1 aliphatic rings. The van der Waals surface area contributed by atoms with E-state index in [0.717, 1.165) is 12.4 Å². The molecule has 11 nitrogen and oxygen atoms in total. The normalized spacial score (nSPS) is 15.6. The van der Waals surface area contributed by atoms with Crippen LogP contribution in [0.1, 0.15) is 12.5 Å². The van der Waals surface area contributed by atoms with Crippen LogP contribution in [0.3, 0.4) is 0 Å². The standard InChI is InChI=1S/C20H23F3N8O3/c1-13(12-34-7-6-31-16-11-26-28-17(32)15(16)10-27-31)18(33)29-2-4-30(5-3-29)19-24-8-14(9-25-19)20(21,22)23/h8-11,13H,2-7,12H2,1H3,(H,28,32). The third-order valence-corrected chi connectivity index (χ3v) is 5.55. The number of hydrogen-bond acceptors (Lipinski definition) is 8. The Hall–Kier alpha value is -3.55. The summed E-state index contributed by atoms with van der Waals surface area (Å²) in [6.45, 7) is 4.37. The SMILES string of the molecule is CC(COCCn1ncc2c(=O)[nH]ncc21)C(=O)N1CCN(c2ncc(C(F)(F)F)cn2)CC1. The van der Waals surface area contributed by atoms with Gasteiger partial charge in [-0.2, -0.15) is 23.4 Å². The second-order valence-corrected chi connectivity index (χ2v) is 7.92. The van der Waals surface area contributed by atoms with Crippen molar-refractivity contribution in [3.05, 3.63) is 40.7 Å². The number of fused-ring (bicyclic) bond motifs is 1. The van der Waals surface area contributed by atoms with E-state index in [2.05, 4.69) is 25.3 Å². The number of H-pyrrole nitrogens is 1. The predicted octanol–water partition coefficient (Wildman–Crippen LogP) is 0.930. The van der Waals surface area contributed by atoms with Crippen molar-refractivity contribution in [3.63, 3.8) is 0 Å². The molecule has 0 bridgehead atoms. The fourth-order valence-corrected chi connectivity index (χ4v) is 3.65. The van der Waals surface area contributed by atoms with E-state index in [9.17, 15) is 22.8 Å². The number of halogens is 3. The molecule has 1 N–H and O–H groups in total. The minimum absolute atomic E-state index is 0.0618. The van der Waals surface area contributed by atoms with E-state index in [0.29, 0.717) is 50.2 Å². The Labute approximate surface area is 191 Å². The van der Waals surface area contributed by atoms with Gasteiger partial charge in [-0.1, -0.05) is 6.92 Å². The number of amides is 1. The molecular formula is C20H23F3N8O3. The number of carbonyl (C=O) groups is 1. The fourth-order valence-electron chi connectivity index (χ4n) is 3.65. The summed E-state index contributed by atoms with van der Waals surface area (Å²) < 4.78 is 45.3. The van der Waals surface area contributed by atoms with Crippen LogP contribution in [0.4, 0.5) is 19.1 Å². The number of hydrogen-bond donors (Lipinski definition) is 1. The van der Waals surface area contributed by atoms with Crippen LogP contribution in [-0.2, 0) is 22.3 Å². The topological polar surface area (TPSA) is 122 Å². The molecule has 0 aliphatic carbocycles. The van der Waals surface area contributed by atoms with Gasteiger partial charge in [0.15, 0.2) is 0 Å². The van der Waals surface area contributed by atoms with Crippen LogP contribution in [0.15, 0.2) is 29.6 Å². The summed E-state index contributed by atoms with van der Waals surface area (Å²) in [5.74, 6) is -0.221. The maximum atomic E-state index is 12.7. The summed E-state index contributed by atoms with van der Waals surface area (Å²) in [5, 5.41) is 10.7. The third-order valence-electron chi connectivity index (χ3n) is 5.55. The highest BCUT2D eigenvalue weighted by Crippen LogP contribution is 2.28. The Morgan fingerprint density at radius 1 is 1.15 bits per heavy atom. The molecule has 0 spiro atoms. The first-order chi connectivity index (χ1) is 16.2. The molecule has 1 aliphatic heterocycles. The summed E-state index contributed by atoms with van der Waals surface area (Å²) in [6.07, 6.45) is 0.0345. The minimum atomic E-state index is -4.48. The number of alkyl halides is 3. The molecule has 0 aromatic carbocycles. The molecule has 14 heteroatoms. The van der Waals surface area contributed by atoms with Crippen LogP contribution >= 0.6 is 0 Å². The first-order valence-electron chi connectivity index (χ1n) is 10.6. The van der Waals surface area contributed by atoms with E-state index in [1.807, 2.05) is 0 Å². The highest BCUT2D eigenvalue weighted by molar-refractivity contribution is 5.79. The first-order valence-corrected chi connectivity index (χ1v) is 10.6. The molecular weight excluding hydrogens is 457 g/mol. The van der Waals surface area contributed by atoms with Gasteiger partial charge in [-0.05, 0) is 0 Å². The lowest BCUT2D eigenvalue weighted by atomic mass is 10.1. The van der Waals surface area contributed by atoms with Gasteiger partial charge in [0, 0.05) is 38.6 Å². The van der Waals surface area contributed by atoms with Gasteiger partial charge < -0.3 is 14.5 Å². The Morgan fingerprint density at radius 3 is 2.53 bits per heavy atom. The van der Waals surface area contributed by atoms with Crippen LogP contribution in [0.5, 0.6) is 0 Å². The van der Waals surface area contributed by atoms with Crippen LogP contribution in [0.25, 0.3) is 10.9 Å². The van der Waals surface area contributed by atoms with Gasteiger partial charge in [0.2, 0.25) is 11.9 Å². The Balaban J connectivity index is 1.21. The monoisotopic (exact) mass is 480 g/mol. The lowest BCUT2D eigenvalue weighted by Gasteiger charge is -2.36. The number of carbonyl (C=O) groups excluding carboxylic acids is 1. The second kappa shape index (κ2) is 9.75. The van der Waals surface area contributed by atoms with Crippen LogP contribution in [0.2, 0.25) is 0 Å². The highest BCUT2D eigenvalue weighted by Gasteiger charge is 2.32. The number of aromatic amines is 1. The van der Waals surface area contributed by atoms with Gasteiger partial charge in [-0.25, -0.2) is 15.1 Å². The number of aromatic nitrogens is 6. The minimum Gasteiger partial charge on any atom is -0.379 e. The fraction of sp³-hybridized carbons (Fsp3) is 0.500. The molecule has 1 saturated heterocycles. The number of ether oxygens (including phenoxy) is 1. The molecule has 34 heavy (non-hydrogen) atoms. The van der Waals surface area contributed by atoms with Gasteiger partial charge in [0.1, 0.15) is 0 Å². The van der Waals surface area contributed by atoms with Gasteiger partial charge in [-0.15, -0.1) is 0 Å². The Kier molecular flexibility index (Phi) is 6.77. The van der Waals surface area contributed by atoms with Crippen molar-refractivity contribution >= 4 is 22.8 Å². The maximum absolute atomic E-state index is 12.7. The smallest absolute Gasteiger partial charge is 0.379 e. The second-order valence-electron chi connectivity index (χ2n) is 7.92. The van der Waals surface area contributed by atoms with Gasteiger partial charge in [0.25, 0.3) is 5.56 Å². The summed E-state index contributed by atoms with van der Waals surface area (Å²) in [4.78, 5) is 35.5. The zero-order valence-electron chi connectivity index (χ0n) is 18.3. The molecule has 1 unspecified atom stereocenters. The number of nitrogens with zero attached hydrogens (tertiary/aromatic N) is 7. The van der Waals surface area contributed by atoms with E-state index >= 15 is 0 Å². The molecule has 1 amide bonds. The average molecular weight is 480 g/mol. The number of anilines is 1. The van der Waals surface area contributed by atoms with E-state index < -0.39 is 11.7 Å². The first kappa shape index (κ1) is 23.6. The predicted molar refractivity (Wildman–Crippen MR) is 114 cm³/mol. The average Bonchev–Trinajstić information content (AvgIpc) is 3.25. The van der Waals surface area contributed by atoms with Gasteiger partial charge >= 0.3 is 6.18 Å². The molecule has 4 heterocycles. The van der Waals surface area contributed by atoms with Crippen LogP contribution in [0, 0.1) is 5.92 Å². The summed E-state index contributed by atoms with van der Waals surface area (Å²) in [5.41, 5.74) is -0.606. The Morgan fingerprint density at radius 2 is 1.85 bits per heavy atom. The van der Waals surface area contributed by atoms with Crippen molar-refractivity contribution in [2.45, 2.75) is 19.6 Å². The van der Waals surface area contributed by atoms with Crippen molar-refractivity contribution in [2.24, 2.45) is 5.92 Å². The lowest BCUT2D eigenvalue weighted by molar-refractivity contribution is -0.138. The summed E-state index contributed by atoms with van der Waals surface area (Å²) in [6, 6.07) is 0. The van der Waals surface area contributed by atoms with Crippen LogP contribution < -0.4 is 10.5 Å².